The van der Waals surface area contributed by atoms with E-state index >= 15 is 0 Å². The third-order valence-corrected chi connectivity index (χ3v) is 1.65. The molecule has 2 rings (SSSR count). The monoisotopic (exact) mass is 174 g/mol. The van der Waals surface area contributed by atoms with Crippen LogP contribution in [0.25, 0.3) is 11.5 Å². The summed E-state index contributed by atoms with van der Waals surface area (Å²) in [5.74, 6) is 1.15. The molecule has 2 N–H and O–H groups in total. The number of nitriles is 1. The van der Waals surface area contributed by atoms with E-state index < -0.39 is 0 Å². The molecule has 13 heavy (non-hydrogen) atoms. The Morgan fingerprint density at radius 1 is 1.38 bits per heavy atom. The van der Waals surface area contributed by atoms with Crippen molar-refractivity contribution in [3.63, 3.8) is 0 Å². The predicted octanol–water partition coefficient (Wildman–Crippen LogP) is 1.99. The Morgan fingerprint density at radius 3 is 2.77 bits per heavy atom. The Balaban J connectivity index is 2.50. The van der Waals surface area contributed by atoms with Gasteiger partial charge in [-0.05, 0) is 12.1 Å². The third kappa shape index (κ3) is 1.16. The average molecular weight is 174 g/mol. The Morgan fingerprint density at radius 2 is 2.23 bits per heavy atom. The SMILES string of the molecule is N#Cc1cc(-c2ccco2)oc1N. The molecule has 0 aliphatic carbocycles. The molecule has 0 fully saturated rings. The molecule has 0 aromatic carbocycles. The van der Waals surface area contributed by atoms with Crippen LogP contribution >= 0.6 is 0 Å². The Bertz CT molecular complexity index is 448. The summed E-state index contributed by atoms with van der Waals surface area (Å²) in [6.45, 7) is 0. The highest BCUT2D eigenvalue weighted by Gasteiger charge is 2.10. The number of nitrogen functional groups attached to an aromatic ring is 1. The fourth-order valence-corrected chi connectivity index (χ4v) is 1.03. The van der Waals surface area contributed by atoms with E-state index in [4.69, 9.17) is 19.8 Å². The first-order valence-electron chi connectivity index (χ1n) is 3.64. The Labute approximate surface area is 74.2 Å². The fraction of sp³-hybridized carbons (Fsp3) is 0. The molecule has 2 aromatic heterocycles. The first-order chi connectivity index (χ1) is 6.31. The van der Waals surface area contributed by atoms with Crippen LogP contribution in [0.5, 0.6) is 0 Å². The van der Waals surface area contributed by atoms with Crippen LogP contribution in [0.2, 0.25) is 0 Å². The van der Waals surface area contributed by atoms with Crippen molar-refractivity contribution in [2.75, 3.05) is 5.73 Å². The molecule has 0 amide bonds. The van der Waals surface area contributed by atoms with Crippen molar-refractivity contribution in [3.05, 3.63) is 30.0 Å². The molecule has 0 unspecified atom stereocenters. The predicted molar refractivity (Wildman–Crippen MR) is 45.5 cm³/mol. The molecular formula is C9H6N2O2. The van der Waals surface area contributed by atoms with Crippen molar-refractivity contribution in [2.24, 2.45) is 0 Å². The molecule has 0 atom stereocenters. The van der Waals surface area contributed by atoms with Crippen LogP contribution in [-0.4, -0.2) is 0 Å². The minimum Gasteiger partial charge on any atom is -0.461 e. The molecule has 4 heteroatoms. The lowest BCUT2D eigenvalue weighted by Gasteiger charge is -1.86. The number of furan rings is 2. The van der Waals surface area contributed by atoms with Gasteiger partial charge in [0.2, 0.25) is 5.88 Å². The summed E-state index contributed by atoms with van der Waals surface area (Å²) in [7, 11) is 0. The van der Waals surface area contributed by atoms with Crippen LogP contribution in [0.3, 0.4) is 0 Å². The molecule has 0 saturated carbocycles. The number of hydrogen-bond donors (Lipinski definition) is 1. The first kappa shape index (κ1) is 7.50. The van der Waals surface area contributed by atoms with Gasteiger partial charge in [-0.25, -0.2) is 0 Å². The molecule has 4 nitrogen and oxygen atoms in total. The fourth-order valence-electron chi connectivity index (χ4n) is 1.03. The van der Waals surface area contributed by atoms with Crippen LogP contribution in [-0.2, 0) is 0 Å². The summed E-state index contributed by atoms with van der Waals surface area (Å²) < 4.78 is 10.2. The molecule has 0 aliphatic rings. The molecular weight excluding hydrogens is 168 g/mol. The number of nitrogens with zero attached hydrogens (tertiary/aromatic N) is 1. The van der Waals surface area contributed by atoms with Gasteiger partial charge in [-0.2, -0.15) is 5.26 Å². The van der Waals surface area contributed by atoms with E-state index in [1.54, 1.807) is 18.2 Å². The van der Waals surface area contributed by atoms with E-state index in [1.165, 1.54) is 6.26 Å². The lowest BCUT2D eigenvalue weighted by atomic mass is 10.3. The lowest BCUT2D eigenvalue weighted by Crippen LogP contribution is -1.82. The van der Waals surface area contributed by atoms with Gasteiger partial charge < -0.3 is 14.6 Å². The highest BCUT2D eigenvalue weighted by atomic mass is 16.4. The molecule has 0 radical (unpaired) electrons. The van der Waals surface area contributed by atoms with Crippen LogP contribution in [0.4, 0.5) is 5.88 Å². The maximum absolute atomic E-state index is 8.61. The number of rotatable bonds is 1. The van der Waals surface area contributed by atoms with Crippen LogP contribution in [0, 0.1) is 11.3 Å². The largest absolute Gasteiger partial charge is 0.461 e. The van der Waals surface area contributed by atoms with Gasteiger partial charge in [0.05, 0.1) is 6.26 Å². The molecule has 0 bridgehead atoms. The molecule has 0 saturated heterocycles. The van der Waals surface area contributed by atoms with Crippen LogP contribution < -0.4 is 5.73 Å². The summed E-state index contributed by atoms with van der Waals surface area (Å²) in [5, 5.41) is 8.61. The Hall–Kier alpha value is -2.15. The van der Waals surface area contributed by atoms with Gasteiger partial charge in [0.1, 0.15) is 11.6 Å². The van der Waals surface area contributed by atoms with Crippen molar-refractivity contribution < 1.29 is 8.83 Å². The summed E-state index contributed by atoms with van der Waals surface area (Å²) in [4.78, 5) is 0. The highest BCUT2D eigenvalue weighted by Crippen LogP contribution is 2.26. The van der Waals surface area contributed by atoms with Gasteiger partial charge >= 0.3 is 0 Å². The van der Waals surface area contributed by atoms with Gasteiger partial charge in [0.15, 0.2) is 11.5 Å². The zero-order valence-corrected chi connectivity index (χ0v) is 6.65. The summed E-state index contributed by atoms with van der Waals surface area (Å²) in [6, 6.07) is 6.94. The van der Waals surface area contributed by atoms with Gasteiger partial charge in [-0.1, -0.05) is 0 Å². The van der Waals surface area contributed by atoms with Gasteiger partial charge in [-0.15, -0.1) is 0 Å². The average Bonchev–Trinajstić information content (AvgIpc) is 2.71. The normalized spacial score (nSPS) is 9.77. The van der Waals surface area contributed by atoms with E-state index in [-0.39, 0.29) is 5.88 Å². The summed E-state index contributed by atoms with van der Waals surface area (Å²) >= 11 is 0. The maximum atomic E-state index is 8.61. The number of nitrogens with two attached hydrogens (primary N) is 1. The lowest BCUT2D eigenvalue weighted by molar-refractivity contribution is 0.533. The minimum atomic E-state index is 0.119. The second-order valence-corrected chi connectivity index (χ2v) is 2.48. The Kier molecular flexibility index (Phi) is 1.57. The smallest absolute Gasteiger partial charge is 0.209 e. The summed E-state index contributed by atoms with van der Waals surface area (Å²) in [5.41, 5.74) is 5.75. The van der Waals surface area contributed by atoms with E-state index in [0.29, 0.717) is 17.1 Å². The van der Waals surface area contributed by atoms with Crippen molar-refractivity contribution in [3.8, 4) is 17.6 Å². The zero-order valence-electron chi connectivity index (χ0n) is 6.65. The second-order valence-electron chi connectivity index (χ2n) is 2.48. The quantitative estimate of drug-likeness (QED) is 0.717. The molecule has 0 aliphatic heterocycles. The van der Waals surface area contributed by atoms with Crippen molar-refractivity contribution in [1.29, 1.82) is 5.26 Å². The molecule has 2 heterocycles. The first-order valence-corrected chi connectivity index (χ1v) is 3.64. The minimum absolute atomic E-state index is 0.119. The third-order valence-electron chi connectivity index (χ3n) is 1.65. The van der Waals surface area contributed by atoms with Crippen molar-refractivity contribution in [2.45, 2.75) is 0 Å². The standard InChI is InChI=1S/C9H6N2O2/c10-5-6-4-8(13-9(6)11)7-2-1-3-12-7/h1-4H,11H2. The van der Waals surface area contributed by atoms with Crippen LogP contribution in [0.1, 0.15) is 5.56 Å². The molecule has 0 spiro atoms. The van der Waals surface area contributed by atoms with Gasteiger partial charge in [-0.3, -0.25) is 0 Å². The number of anilines is 1. The van der Waals surface area contributed by atoms with E-state index in [9.17, 15) is 0 Å². The highest BCUT2D eigenvalue weighted by molar-refractivity contribution is 5.59. The van der Waals surface area contributed by atoms with Crippen LogP contribution in [0.15, 0.2) is 33.3 Å². The topological polar surface area (TPSA) is 76.1 Å². The zero-order chi connectivity index (χ0) is 9.26. The maximum Gasteiger partial charge on any atom is 0.209 e. The van der Waals surface area contributed by atoms with Gasteiger partial charge in [0, 0.05) is 6.07 Å². The summed E-state index contributed by atoms with van der Waals surface area (Å²) in [6.07, 6.45) is 1.53. The van der Waals surface area contributed by atoms with Crippen molar-refractivity contribution in [1.82, 2.24) is 0 Å². The van der Waals surface area contributed by atoms with E-state index in [0.717, 1.165) is 0 Å². The second kappa shape index (κ2) is 2.72. The van der Waals surface area contributed by atoms with Gasteiger partial charge in [0.25, 0.3) is 0 Å². The van der Waals surface area contributed by atoms with Crippen molar-refractivity contribution >= 4 is 5.88 Å². The number of hydrogen-bond acceptors (Lipinski definition) is 4. The van der Waals surface area contributed by atoms with E-state index in [1.807, 2.05) is 6.07 Å². The molecule has 64 valence electrons. The van der Waals surface area contributed by atoms with E-state index in [2.05, 4.69) is 0 Å². The molecule has 2 aromatic rings.